The molecule has 128 valence electrons. The van der Waals surface area contributed by atoms with E-state index in [0.29, 0.717) is 0 Å². The fourth-order valence-corrected chi connectivity index (χ4v) is 2.80. The van der Waals surface area contributed by atoms with E-state index >= 15 is 0 Å². The zero-order valence-electron chi connectivity index (χ0n) is 15.4. The Labute approximate surface area is 145 Å². The van der Waals surface area contributed by atoms with E-state index in [9.17, 15) is 0 Å². The molecule has 0 radical (unpaired) electrons. The van der Waals surface area contributed by atoms with Crippen molar-refractivity contribution in [2.24, 2.45) is 5.16 Å². The Bertz CT molecular complexity index is 678. The van der Waals surface area contributed by atoms with E-state index in [0.717, 1.165) is 17.0 Å². The van der Waals surface area contributed by atoms with Gasteiger partial charge in [0.25, 0.3) is 0 Å². The molecule has 4 nitrogen and oxygen atoms in total. The third kappa shape index (κ3) is 3.44. The van der Waals surface area contributed by atoms with Crippen LogP contribution in [0.15, 0.2) is 59.8 Å². The molecule has 0 spiro atoms. The van der Waals surface area contributed by atoms with E-state index in [4.69, 9.17) is 4.84 Å². The molecule has 0 heterocycles. The molecule has 0 aliphatic heterocycles. The number of benzene rings is 2. The van der Waals surface area contributed by atoms with Gasteiger partial charge in [0.2, 0.25) is 0 Å². The van der Waals surface area contributed by atoms with Crippen molar-refractivity contribution in [3.8, 4) is 0 Å². The zero-order chi connectivity index (χ0) is 17.7. The highest BCUT2D eigenvalue weighted by Gasteiger charge is 2.36. The van der Waals surface area contributed by atoms with E-state index in [1.807, 2.05) is 20.2 Å². The molecule has 1 unspecified atom stereocenters. The molecule has 0 aliphatic rings. The molecule has 0 aliphatic carbocycles. The molecule has 2 aromatic rings. The molecule has 0 saturated heterocycles. The van der Waals surface area contributed by atoms with Crippen LogP contribution >= 0.6 is 0 Å². The first-order valence-electron chi connectivity index (χ1n) is 8.03. The van der Waals surface area contributed by atoms with Gasteiger partial charge >= 0.3 is 0 Å². The summed E-state index contributed by atoms with van der Waals surface area (Å²) in [6.07, 6.45) is 0. The van der Waals surface area contributed by atoms with Crippen LogP contribution in [0.3, 0.4) is 0 Å². The van der Waals surface area contributed by atoms with Crippen molar-refractivity contribution in [3.63, 3.8) is 0 Å². The number of anilines is 1. The van der Waals surface area contributed by atoms with Gasteiger partial charge in [0.15, 0.2) is 0 Å². The minimum atomic E-state index is -0.406. The number of nitrogens with zero attached hydrogens (tertiary/aromatic N) is 3. The fourth-order valence-electron chi connectivity index (χ4n) is 2.80. The quantitative estimate of drug-likeness (QED) is 0.600. The SMILES string of the molecule is CON=C(c1ccc(N(C)C)cc1)C(C)(c1ccccc1)N(C)C. The van der Waals surface area contributed by atoms with Crippen LogP contribution in [-0.2, 0) is 10.4 Å². The molecule has 4 heteroatoms. The Kier molecular flexibility index (Phi) is 5.62. The fraction of sp³-hybridized carbons (Fsp3) is 0.350. The summed E-state index contributed by atoms with van der Waals surface area (Å²) < 4.78 is 0. The summed E-state index contributed by atoms with van der Waals surface area (Å²) in [6.45, 7) is 2.17. The van der Waals surface area contributed by atoms with Gasteiger partial charge in [0.1, 0.15) is 12.8 Å². The standard InChI is InChI=1S/C20H27N3O/c1-20(23(4)5,17-10-8-7-9-11-17)19(21-24-6)16-12-14-18(15-13-16)22(2)3/h7-15H,1-6H3. The van der Waals surface area contributed by atoms with Crippen molar-refractivity contribution in [3.05, 3.63) is 65.7 Å². The second-order valence-corrected chi connectivity index (χ2v) is 6.40. The van der Waals surface area contributed by atoms with Gasteiger partial charge in [0, 0.05) is 25.3 Å². The van der Waals surface area contributed by atoms with Crippen molar-refractivity contribution in [2.75, 3.05) is 40.2 Å². The van der Waals surface area contributed by atoms with E-state index in [-0.39, 0.29) is 0 Å². The van der Waals surface area contributed by atoms with Gasteiger partial charge in [-0.3, -0.25) is 4.90 Å². The Morgan fingerprint density at radius 1 is 0.917 bits per heavy atom. The molecule has 2 rings (SSSR count). The minimum Gasteiger partial charge on any atom is -0.399 e. The molecule has 0 N–H and O–H groups in total. The Morgan fingerprint density at radius 3 is 1.96 bits per heavy atom. The average Bonchev–Trinajstić information content (AvgIpc) is 2.59. The van der Waals surface area contributed by atoms with Crippen molar-refractivity contribution in [1.82, 2.24) is 4.90 Å². The molecule has 24 heavy (non-hydrogen) atoms. The Balaban J connectivity index is 2.57. The number of oxime groups is 1. The van der Waals surface area contributed by atoms with Crippen LogP contribution in [0, 0.1) is 0 Å². The van der Waals surface area contributed by atoms with Crippen molar-refractivity contribution in [1.29, 1.82) is 0 Å². The third-order valence-electron chi connectivity index (χ3n) is 4.53. The summed E-state index contributed by atoms with van der Waals surface area (Å²) in [5.41, 5.74) is 3.84. The van der Waals surface area contributed by atoms with Gasteiger partial charge in [0.05, 0.1) is 5.54 Å². The van der Waals surface area contributed by atoms with Gasteiger partial charge in [-0.25, -0.2) is 0 Å². The van der Waals surface area contributed by atoms with Crippen LogP contribution in [-0.4, -0.2) is 45.9 Å². The summed E-state index contributed by atoms with van der Waals surface area (Å²) >= 11 is 0. The van der Waals surface area contributed by atoms with Crippen molar-refractivity contribution >= 4 is 11.4 Å². The maximum absolute atomic E-state index is 5.20. The minimum absolute atomic E-state index is 0.406. The van der Waals surface area contributed by atoms with E-state index in [1.54, 1.807) is 7.11 Å². The molecule has 0 saturated carbocycles. The van der Waals surface area contributed by atoms with Crippen LogP contribution in [0.5, 0.6) is 0 Å². The predicted molar refractivity (Wildman–Crippen MR) is 102 cm³/mol. The largest absolute Gasteiger partial charge is 0.399 e. The van der Waals surface area contributed by atoms with Crippen LogP contribution < -0.4 is 4.90 Å². The van der Waals surface area contributed by atoms with Crippen LogP contribution in [0.4, 0.5) is 5.69 Å². The first kappa shape index (κ1) is 18.0. The maximum Gasteiger partial charge on any atom is 0.111 e. The van der Waals surface area contributed by atoms with Gasteiger partial charge in [-0.1, -0.05) is 47.6 Å². The predicted octanol–water partition coefficient (Wildman–Crippen LogP) is 3.58. The van der Waals surface area contributed by atoms with Gasteiger partial charge in [-0.15, -0.1) is 0 Å². The summed E-state index contributed by atoms with van der Waals surface area (Å²) in [6, 6.07) is 18.8. The van der Waals surface area contributed by atoms with E-state index in [1.165, 1.54) is 5.56 Å². The van der Waals surface area contributed by atoms with Crippen molar-refractivity contribution in [2.45, 2.75) is 12.5 Å². The molecule has 0 fully saturated rings. The van der Waals surface area contributed by atoms with Crippen LogP contribution in [0.25, 0.3) is 0 Å². The normalized spacial score (nSPS) is 14.4. The van der Waals surface area contributed by atoms with Gasteiger partial charge < -0.3 is 9.74 Å². The number of hydrogen-bond acceptors (Lipinski definition) is 4. The smallest absolute Gasteiger partial charge is 0.111 e. The highest BCUT2D eigenvalue weighted by atomic mass is 16.6. The van der Waals surface area contributed by atoms with Crippen LogP contribution in [0.1, 0.15) is 18.1 Å². The first-order valence-corrected chi connectivity index (χ1v) is 8.03. The molecule has 1 atom stereocenters. The molecular weight excluding hydrogens is 298 g/mol. The molecule has 0 bridgehead atoms. The zero-order valence-corrected chi connectivity index (χ0v) is 15.4. The van der Waals surface area contributed by atoms with Gasteiger partial charge in [-0.05, 0) is 38.7 Å². The summed E-state index contributed by atoms with van der Waals surface area (Å²) in [4.78, 5) is 9.45. The highest BCUT2D eigenvalue weighted by molar-refractivity contribution is 6.07. The lowest BCUT2D eigenvalue weighted by molar-refractivity contribution is 0.196. The number of rotatable bonds is 6. The summed E-state index contributed by atoms with van der Waals surface area (Å²) in [5.74, 6) is 0. The molecule has 0 amide bonds. The summed E-state index contributed by atoms with van der Waals surface area (Å²) in [7, 11) is 9.79. The van der Waals surface area contributed by atoms with E-state index < -0.39 is 5.54 Å². The Morgan fingerprint density at radius 2 is 1.50 bits per heavy atom. The van der Waals surface area contributed by atoms with Crippen LogP contribution in [0.2, 0.25) is 0 Å². The maximum atomic E-state index is 5.20. The topological polar surface area (TPSA) is 28.1 Å². The molecule has 2 aromatic carbocycles. The van der Waals surface area contributed by atoms with E-state index in [2.05, 4.69) is 84.5 Å². The number of likely N-dealkylation sites (N-methyl/N-ethyl adjacent to an activating group) is 1. The first-order chi connectivity index (χ1) is 11.4. The lowest BCUT2D eigenvalue weighted by Gasteiger charge is -2.38. The van der Waals surface area contributed by atoms with Crippen molar-refractivity contribution < 1.29 is 4.84 Å². The lowest BCUT2D eigenvalue weighted by Crippen LogP contribution is -2.46. The lowest BCUT2D eigenvalue weighted by atomic mass is 9.82. The van der Waals surface area contributed by atoms with Gasteiger partial charge in [-0.2, -0.15) is 0 Å². The Hall–Kier alpha value is -2.33. The second-order valence-electron chi connectivity index (χ2n) is 6.40. The molecule has 0 aromatic heterocycles. The molecular formula is C20H27N3O. The third-order valence-corrected chi connectivity index (χ3v) is 4.53. The highest BCUT2D eigenvalue weighted by Crippen LogP contribution is 2.31. The second kappa shape index (κ2) is 7.49. The number of hydrogen-bond donors (Lipinski definition) is 0. The summed E-state index contributed by atoms with van der Waals surface area (Å²) in [5, 5.41) is 4.40. The monoisotopic (exact) mass is 325 g/mol. The average molecular weight is 325 g/mol.